The van der Waals surface area contributed by atoms with E-state index in [4.69, 9.17) is 11.6 Å². The second kappa shape index (κ2) is 4.47. The summed E-state index contributed by atoms with van der Waals surface area (Å²) in [5.74, 6) is 0. The molecule has 75 valence electrons. The van der Waals surface area contributed by atoms with Gasteiger partial charge in [0.25, 0.3) is 0 Å². The smallest absolute Gasteiger partial charge is 0.107 e. The highest BCUT2D eigenvalue weighted by atomic mass is 35.5. The minimum atomic E-state index is -0.166. The van der Waals surface area contributed by atoms with Crippen LogP contribution in [0.25, 0.3) is 11.1 Å². The van der Waals surface area contributed by atoms with Crippen LogP contribution in [0.15, 0.2) is 48.5 Å². The lowest BCUT2D eigenvalue weighted by Gasteiger charge is -2.02. The van der Waals surface area contributed by atoms with Crippen LogP contribution in [0, 0.1) is 0 Å². The maximum atomic E-state index is 10.6. The molecule has 0 bridgehead atoms. The van der Waals surface area contributed by atoms with Gasteiger partial charge in [-0.3, -0.25) is 0 Å². The molecule has 0 aromatic heterocycles. The molecule has 0 atom stereocenters. The second-order valence-electron chi connectivity index (χ2n) is 3.35. The minimum Gasteiger partial charge on any atom is -0.232 e. The van der Waals surface area contributed by atoms with Crippen molar-refractivity contribution in [2.45, 2.75) is 6.61 Å². The quantitative estimate of drug-likeness (QED) is 0.726. The molecular weight excluding hydrogens is 208 g/mol. The van der Waals surface area contributed by atoms with Gasteiger partial charge in [0.1, 0.15) is 6.61 Å². The normalized spacial score (nSPS) is 10.3. The molecule has 0 saturated heterocycles. The van der Waals surface area contributed by atoms with E-state index in [0.29, 0.717) is 0 Å². The van der Waals surface area contributed by atoms with Crippen LogP contribution >= 0.6 is 11.6 Å². The van der Waals surface area contributed by atoms with Crippen molar-refractivity contribution in [1.82, 2.24) is 0 Å². The molecular formula is C13H10ClO. The molecule has 0 spiro atoms. The predicted octanol–water partition coefficient (Wildman–Crippen LogP) is 3.94. The van der Waals surface area contributed by atoms with E-state index in [9.17, 15) is 5.11 Å². The van der Waals surface area contributed by atoms with Crippen molar-refractivity contribution < 1.29 is 5.11 Å². The number of benzene rings is 2. The largest absolute Gasteiger partial charge is 0.232 e. The first-order valence-corrected chi connectivity index (χ1v) is 5.10. The highest BCUT2D eigenvalue weighted by molar-refractivity contribution is 6.30. The highest BCUT2D eigenvalue weighted by Crippen LogP contribution is 2.21. The third-order valence-corrected chi connectivity index (χ3v) is 2.55. The molecule has 0 aliphatic rings. The molecule has 0 N–H and O–H groups in total. The van der Waals surface area contributed by atoms with Crippen LogP contribution in [0.5, 0.6) is 0 Å². The van der Waals surface area contributed by atoms with Gasteiger partial charge >= 0.3 is 0 Å². The molecule has 0 unspecified atom stereocenters. The number of hydrogen-bond donors (Lipinski definition) is 0. The Morgan fingerprint density at radius 3 is 1.73 bits per heavy atom. The third kappa shape index (κ3) is 2.38. The highest BCUT2D eigenvalue weighted by Gasteiger charge is 1.97. The molecule has 1 nitrogen and oxygen atoms in total. The first-order valence-electron chi connectivity index (χ1n) is 4.72. The van der Waals surface area contributed by atoms with Crippen LogP contribution < -0.4 is 0 Å². The molecule has 1 radical (unpaired) electrons. The molecule has 0 saturated carbocycles. The van der Waals surface area contributed by atoms with E-state index in [1.807, 2.05) is 48.5 Å². The van der Waals surface area contributed by atoms with E-state index >= 15 is 0 Å². The van der Waals surface area contributed by atoms with Gasteiger partial charge in [0.05, 0.1) is 0 Å². The van der Waals surface area contributed by atoms with E-state index in [1.54, 1.807) is 0 Å². The standard InChI is InChI=1S/C13H10ClO/c14-13-7-5-12(6-8-13)11-3-1-10(9-15)2-4-11/h1-8H,9H2. The van der Waals surface area contributed by atoms with Gasteiger partial charge < -0.3 is 0 Å². The molecule has 0 amide bonds. The summed E-state index contributed by atoms with van der Waals surface area (Å²) in [4.78, 5) is 0. The van der Waals surface area contributed by atoms with E-state index in [1.165, 1.54) is 0 Å². The fourth-order valence-electron chi connectivity index (χ4n) is 1.44. The lowest BCUT2D eigenvalue weighted by Crippen LogP contribution is -1.82. The Labute approximate surface area is 94.0 Å². The van der Waals surface area contributed by atoms with Gasteiger partial charge in [0.2, 0.25) is 0 Å². The summed E-state index contributed by atoms with van der Waals surface area (Å²) in [5.41, 5.74) is 3.02. The second-order valence-corrected chi connectivity index (χ2v) is 3.78. The third-order valence-electron chi connectivity index (χ3n) is 2.30. The summed E-state index contributed by atoms with van der Waals surface area (Å²) in [5, 5.41) is 11.3. The van der Waals surface area contributed by atoms with Gasteiger partial charge in [-0.25, -0.2) is 5.11 Å². The Hall–Kier alpha value is -1.31. The molecule has 2 rings (SSSR count). The maximum absolute atomic E-state index is 10.6. The Bertz CT molecular complexity index is 431. The zero-order valence-corrected chi connectivity index (χ0v) is 8.87. The molecule has 2 aromatic rings. The van der Waals surface area contributed by atoms with Crippen molar-refractivity contribution in [3.05, 3.63) is 59.1 Å². The molecule has 0 aliphatic carbocycles. The van der Waals surface area contributed by atoms with Gasteiger partial charge in [-0.05, 0) is 28.8 Å². The van der Waals surface area contributed by atoms with Gasteiger partial charge in [0, 0.05) is 5.02 Å². The van der Waals surface area contributed by atoms with E-state index < -0.39 is 0 Å². The fourth-order valence-corrected chi connectivity index (χ4v) is 1.56. The summed E-state index contributed by atoms with van der Waals surface area (Å²) in [6.45, 7) is -0.166. The van der Waals surface area contributed by atoms with Crippen molar-refractivity contribution in [1.29, 1.82) is 0 Å². The lowest BCUT2D eigenvalue weighted by molar-refractivity contribution is 0.177. The first kappa shape index (κ1) is 10.2. The molecule has 2 aromatic carbocycles. The van der Waals surface area contributed by atoms with Crippen LogP contribution in [-0.4, -0.2) is 0 Å². The van der Waals surface area contributed by atoms with Gasteiger partial charge in [0.15, 0.2) is 0 Å². The molecule has 2 heteroatoms. The predicted molar refractivity (Wildman–Crippen MR) is 61.3 cm³/mol. The molecule has 0 heterocycles. The monoisotopic (exact) mass is 217 g/mol. The number of hydrogen-bond acceptors (Lipinski definition) is 0. The van der Waals surface area contributed by atoms with Gasteiger partial charge in [-0.1, -0.05) is 48.0 Å². The Morgan fingerprint density at radius 2 is 1.27 bits per heavy atom. The van der Waals surface area contributed by atoms with Crippen LogP contribution in [0.3, 0.4) is 0 Å². The minimum absolute atomic E-state index is 0.166. The van der Waals surface area contributed by atoms with Crippen molar-refractivity contribution in [2.75, 3.05) is 0 Å². The van der Waals surface area contributed by atoms with Gasteiger partial charge in [-0.15, -0.1) is 0 Å². The van der Waals surface area contributed by atoms with Crippen LogP contribution in [0.2, 0.25) is 5.02 Å². The van der Waals surface area contributed by atoms with Gasteiger partial charge in [-0.2, -0.15) is 0 Å². The lowest BCUT2D eigenvalue weighted by atomic mass is 10.0. The van der Waals surface area contributed by atoms with E-state index in [-0.39, 0.29) is 6.61 Å². The van der Waals surface area contributed by atoms with E-state index in [2.05, 4.69) is 0 Å². The summed E-state index contributed by atoms with van der Waals surface area (Å²) in [7, 11) is 0. The van der Waals surface area contributed by atoms with Crippen LogP contribution in [-0.2, 0) is 11.7 Å². The molecule has 0 fully saturated rings. The Kier molecular flexibility index (Phi) is 3.05. The summed E-state index contributed by atoms with van der Waals surface area (Å²) in [6.07, 6.45) is 0. The zero-order valence-electron chi connectivity index (χ0n) is 8.11. The SMILES string of the molecule is [O]Cc1ccc(-c2ccc(Cl)cc2)cc1. The Morgan fingerprint density at radius 1 is 0.800 bits per heavy atom. The average molecular weight is 218 g/mol. The summed E-state index contributed by atoms with van der Waals surface area (Å²) >= 11 is 5.81. The topological polar surface area (TPSA) is 19.9 Å². The van der Waals surface area contributed by atoms with Crippen molar-refractivity contribution in [3.8, 4) is 11.1 Å². The molecule has 0 aliphatic heterocycles. The van der Waals surface area contributed by atoms with Crippen LogP contribution in [0.4, 0.5) is 0 Å². The average Bonchev–Trinajstić information content (AvgIpc) is 2.30. The van der Waals surface area contributed by atoms with Crippen molar-refractivity contribution in [3.63, 3.8) is 0 Å². The van der Waals surface area contributed by atoms with Crippen molar-refractivity contribution >= 4 is 11.6 Å². The van der Waals surface area contributed by atoms with E-state index in [0.717, 1.165) is 21.7 Å². The maximum Gasteiger partial charge on any atom is 0.107 e. The number of rotatable bonds is 2. The zero-order chi connectivity index (χ0) is 10.7. The van der Waals surface area contributed by atoms with Crippen molar-refractivity contribution in [2.24, 2.45) is 0 Å². The number of halogens is 1. The molecule has 15 heavy (non-hydrogen) atoms. The fraction of sp³-hybridized carbons (Fsp3) is 0.0769. The summed E-state index contributed by atoms with van der Waals surface area (Å²) < 4.78 is 0. The summed E-state index contributed by atoms with van der Waals surface area (Å²) in [6, 6.07) is 15.3. The first-order chi connectivity index (χ1) is 7.29. The Balaban J connectivity index is 2.33. The van der Waals surface area contributed by atoms with Crippen LogP contribution in [0.1, 0.15) is 5.56 Å².